The third kappa shape index (κ3) is 4.26. The molecule has 0 radical (unpaired) electrons. The Labute approximate surface area is 202 Å². The Kier molecular flexibility index (Phi) is 5.79. The van der Waals surface area contributed by atoms with Gasteiger partial charge in [0.15, 0.2) is 0 Å². The van der Waals surface area contributed by atoms with Gasteiger partial charge >= 0.3 is 5.56 Å². The summed E-state index contributed by atoms with van der Waals surface area (Å²) in [5.74, 6) is 0.551. The second kappa shape index (κ2) is 8.91. The monoisotopic (exact) mass is 473 g/mol. The predicted molar refractivity (Wildman–Crippen MR) is 130 cm³/mol. The van der Waals surface area contributed by atoms with Crippen molar-refractivity contribution in [3.63, 3.8) is 0 Å². The van der Waals surface area contributed by atoms with Crippen LogP contribution in [-0.2, 0) is 6.54 Å². The fourth-order valence-electron chi connectivity index (χ4n) is 3.97. The molecule has 1 saturated carbocycles. The van der Waals surface area contributed by atoms with Gasteiger partial charge in [0.25, 0.3) is 5.65 Å². The lowest BCUT2D eigenvalue weighted by Crippen LogP contribution is -2.44. The average Bonchev–Trinajstić information content (AvgIpc) is 3.66. The quantitative estimate of drug-likeness (QED) is 0.193. The molecule has 0 N–H and O–H groups in total. The van der Waals surface area contributed by atoms with Gasteiger partial charge in [0.1, 0.15) is 23.1 Å². The highest BCUT2D eigenvalue weighted by Crippen LogP contribution is 2.26. The van der Waals surface area contributed by atoms with Crippen molar-refractivity contribution in [1.29, 1.82) is 0 Å². The Balaban J connectivity index is 1.62. The fourth-order valence-corrected chi connectivity index (χ4v) is 4.08. The second-order valence-electron chi connectivity index (χ2n) is 8.65. The molecule has 8 heteroatoms. The molecule has 5 rings (SSSR count). The zero-order chi connectivity index (χ0) is 23.8. The van der Waals surface area contributed by atoms with Crippen molar-refractivity contribution in [2.75, 3.05) is 14.1 Å². The molecule has 34 heavy (non-hydrogen) atoms. The number of nitrogens with zero attached hydrogens (tertiary/aromatic N) is 5. The van der Waals surface area contributed by atoms with E-state index in [-0.39, 0.29) is 23.5 Å². The van der Waals surface area contributed by atoms with Crippen LogP contribution < -0.4 is 15.2 Å². The summed E-state index contributed by atoms with van der Waals surface area (Å²) in [7, 11) is 3.93. The first-order chi connectivity index (χ1) is 16.4. The number of halogens is 1. The molecule has 3 heterocycles. The maximum atomic E-state index is 13.6. The number of benzene rings is 1. The van der Waals surface area contributed by atoms with Gasteiger partial charge in [-0.15, -0.1) is 0 Å². The predicted octanol–water partition coefficient (Wildman–Crippen LogP) is 2.89. The molecule has 4 aromatic rings. The van der Waals surface area contributed by atoms with E-state index < -0.39 is 0 Å². The summed E-state index contributed by atoms with van der Waals surface area (Å²) in [5.41, 5.74) is 2.63. The summed E-state index contributed by atoms with van der Waals surface area (Å²) in [6, 6.07) is 16.7. The third-order valence-corrected chi connectivity index (χ3v) is 6.07. The Morgan fingerprint density at radius 2 is 1.94 bits per heavy atom. The zero-order valence-electron chi connectivity index (χ0n) is 19.0. The van der Waals surface area contributed by atoms with E-state index >= 15 is 0 Å². The molecule has 0 spiro atoms. The van der Waals surface area contributed by atoms with Gasteiger partial charge in [0.2, 0.25) is 0 Å². The number of aromatic nitrogens is 3. The van der Waals surface area contributed by atoms with Crippen LogP contribution in [0.2, 0.25) is 5.15 Å². The number of hydrogen-bond acceptors (Lipinski definition) is 4. The number of fused-ring (bicyclic) bond motifs is 1. The summed E-state index contributed by atoms with van der Waals surface area (Å²) in [6.45, 7) is 0.265. The first-order valence-corrected chi connectivity index (χ1v) is 11.5. The van der Waals surface area contributed by atoms with Crippen molar-refractivity contribution in [2.24, 2.45) is 4.99 Å². The molecular formula is C26H24ClN5O2. The van der Waals surface area contributed by atoms with E-state index in [0.717, 1.165) is 29.8 Å². The van der Waals surface area contributed by atoms with Crippen LogP contribution in [0, 0.1) is 0 Å². The first kappa shape index (κ1) is 22.1. The van der Waals surface area contributed by atoms with Gasteiger partial charge in [-0.25, -0.2) is 14.3 Å². The van der Waals surface area contributed by atoms with Crippen molar-refractivity contribution < 1.29 is 9.67 Å². The lowest BCUT2D eigenvalue weighted by molar-refractivity contribution is -0.708. The molecule has 0 atom stereocenters. The Bertz CT molecular complexity index is 1440. The van der Waals surface area contributed by atoms with E-state index in [9.17, 15) is 9.90 Å². The summed E-state index contributed by atoms with van der Waals surface area (Å²) in [6.07, 6.45) is 5.55. The van der Waals surface area contributed by atoms with Crippen LogP contribution in [0.25, 0.3) is 16.8 Å². The molecule has 1 fully saturated rings. The Morgan fingerprint density at radius 3 is 2.59 bits per heavy atom. The molecule has 0 amide bonds. The minimum absolute atomic E-state index is 0.128. The van der Waals surface area contributed by atoms with Gasteiger partial charge in [0, 0.05) is 37.5 Å². The Morgan fingerprint density at radius 1 is 1.18 bits per heavy atom. The lowest BCUT2D eigenvalue weighted by Gasteiger charge is -2.18. The molecule has 0 aliphatic heterocycles. The van der Waals surface area contributed by atoms with Crippen LogP contribution in [0.5, 0.6) is 5.88 Å². The summed E-state index contributed by atoms with van der Waals surface area (Å²) in [5, 5.41) is 14.0. The minimum atomic E-state index is -0.349. The molecule has 0 saturated heterocycles. The number of hydrogen-bond donors (Lipinski definition) is 0. The normalized spacial score (nSPS) is 13.9. The third-order valence-electron chi connectivity index (χ3n) is 5.84. The highest BCUT2D eigenvalue weighted by Gasteiger charge is 2.23. The molecule has 1 aliphatic carbocycles. The van der Waals surface area contributed by atoms with Crippen LogP contribution in [0.1, 0.15) is 24.0 Å². The smallest absolute Gasteiger partial charge is 0.349 e. The van der Waals surface area contributed by atoms with Crippen molar-refractivity contribution in [2.45, 2.75) is 25.4 Å². The SMILES string of the molecule is CN(C)C(=NC1CC1)c1ccc(-c2c([O-])[n+](Cc3ccc(Cl)nc3)c3ccccn3c2=O)cc1. The van der Waals surface area contributed by atoms with Gasteiger partial charge in [-0.1, -0.05) is 48.0 Å². The van der Waals surface area contributed by atoms with Crippen LogP contribution in [0.3, 0.4) is 0 Å². The topological polar surface area (TPSA) is 76.9 Å². The highest BCUT2D eigenvalue weighted by atomic mass is 35.5. The van der Waals surface area contributed by atoms with Crippen molar-refractivity contribution in [3.8, 4) is 17.0 Å². The zero-order valence-corrected chi connectivity index (χ0v) is 19.7. The molecule has 7 nitrogen and oxygen atoms in total. The van der Waals surface area contributed by atoms with Crippen molar-refractivity contribution in [3.05, 3.63) is 93.6 Å². The maximum absolute atomic E-state index is 13.6. The van der Waals surface area contributed by atoms with E-state index in [1.165, 1.54) is 4.40 Å². The maximum Gasteiger partial charge on any atom is 0.349 e. The molecule has 1 aliphatic rings. The van der Waals surface area contributed by atoms with E-state index in [0.29, 0.717) is 22.4 Å². The van der Waals surface area contributed by atoms with Gasteiger partial charge in [-0.05, 0) is 30.5 Å². The molecule has 1 aromatic carbocycles. The molecule has 0 bridgehead atoms. The van der Waals surface area contributed by atoms with E-state index in [1.807, 2.05) is 49.3 Å². The van der Waals surface area contributed by atoms with Gasteiger partial charge in [0.05, 0.1) is 18.1 Å². The minimum Gasteiger partial charge on any atom is -0.842 e. The highest BCUT2D eigenvalue weighted by molar-refractivity contribution is 6.29. The number of rotatable bonds is 5. The van der Waals surface area contributed by atoms with Crippen molar-refractivity contribution >= 4 is 23.1 Å². The van der Waals surface area contributed by atoms with Crippen LogP contribution in [-0.4, -0.2) is 40.3 Å². The summed E-state index contributed by atoms with van der Waals surface area (Å²) >= 11 is 5.92. The fraction of sp³-hybridized carbons (Fsp3) is 0.231. The first-order valence-electron chi connectivity index (χ1n) is 11.1. The van der Waals surface area contributed by atoms with Crippen LogP contribution >= 0.6 is 11.6 Å². The Hall–Kier alpha value is -3.71. The summed E-state index contributed by atoms with van der Waals surface area (Å²) < 4.78 is 3.10. The number of amidine groups is 1. The standard InChI is InChI=1S/C26H24ClN5O2/c1-30(2)24(29-20-11-12-20)19-9-7-18(8-10-19)23-25(33)31-14-4-3-5-22(31)32(26(23)34)16-17-6-13-21(27)28-15-17/h3-10,13-15,20H,11-12,16H2,1-2H3. The number of pyridine rings is 2. The lowest BCUT2D eigenvalue weighted by atomic mass is 10.0. The second-order valence-corrected chi connectivity index (χ2v) is 9.03. The average molecular weight is 474 g/mol. The number of aliphatic imine (C=N–C) groups is 1. The van der Waals surface area contributed by atoms with Crippen LogP contribution in [0.15, 0.2) is 76.8 Å². The molecule has 3 aromatic heterocycles. The van der Waals surface area contributed by atoms with Gasteiger partial charge in [-0.3, -0.25) is 4.99 Å². The molecule has 0 unspecified atom stereocenters. The van der Waals surface area contributed by atoms with E-state index in [2.05, 4.69) is 4.98 Å². The molecular weight excluding hydrogens is 450 g/mol. The summed E-state index contributed by atoms with van der Waals surface area (Å²) in [4.78, 5) is 24.3. The van der Waals surface area contributed by atoms with Crippen LogP contribution in [0.4, 0.5) is 0 Å². The largest absolute Gasteiger partial charge is 0.842 e. The van der Waals surface area contributed by atoms with E-state index in [4.69, 9.17) is 16.6 Å². The van der Waals surface area contributed by atoms with E-state index in [1.54, 1.807) is 41.2 Å². The van der Waals surface area contributed by atoms with Crippen molar-refractivity contribution in [1.82, 2.24) is 14.3 Å². The van der Waals surface area contributed by atoms with Gasteiger partial charge < -0.3 is 10.0 Å². The molecule has 172 valence electrons. The van der Waals surface area contributed by atoms with Gasteiger partial charge in [-0.2, -0.15) is 4.40 Å².